The Labute approximate surface area is 129 Å². The molecule has 2 aromatic carbocycles. The number of nitrogens with two attached hydrogens (primary N) is 1. The second-order valence-electron chi connectivity index (χ2n) is 3.89. The van der Waals surface area contributed by atoms with E-state index in [2.05, 4.69) is 50.7 Å². The van der Waals surface area contributed by atoms with Gasteiger partial charge in [0.15, 0.2) is 0 Å². The second-order valence-corrected chi connectivity index (χ2v) is 5.91. The van der Waals surface area contributed by atoms with Gasteiger partial charge in [-0.25, -0.2) is 0 Å². The van der Waals surface area contributed by atoms with Crippen LogP contribution in [-0.2, 0) is 0 Å². The fourth-order valence-corrected chi connectivity index (χ4v) is 3.06. The molecular weight excluding hydrogens is 405 g/mol. The minimum Gasteiger partial charge on any atom is -0.496 e. The molecular formula is C14H13BrINO. The Morgan fingerprint density at radius 1 is 1.22 bits per heavy atom. The molecule has 0 aliphatic carbocycles. The zero-order valence-electron chi connectivity index (χ0n) is 9.86. The summed E-state index contributed by atoms with van der Waals surface area (Å²) in [6.45, 7) is 0. The lowest BCUT2D eigenvalue weighted by molar-refractivity contribution is 0.412. The quantitative estimate of drug-likeness (QED) is 0.762. The van der Waals surface area contributed by atoms with Crippen molar-refractivity contribution in [3.63, 3.8) is 0 Å². The van der Waals surface area contributed by atoms with Gasteiger partial charge >= 0.3 is 0 Å². The maximum atomic E-state index is 6.31. The summed E-state index contributed by atoms with van der Waals surface area (Å²) >= 11 is 5.79. The van der Waals surface area contributed by atoms with Crippen LogP contribution >= 0.6 is 38.5 Å². The Kier molecular flexibility index (Phi) is 4.64. The van der Waals surface area contributed by atoms with Gasteiger partial charge in [0.05, 0.1) is 17.6 Å². The summed E-state index contributed by atoms with van der Waals surface area (Å²) in [6.07, 6.45) is 0. The van der Waals surface area contributed by atoms with Gasteiger partial charge in [-0.15, -0.1) is 0 Å². The van der Waals surface area contributed by atoms with Crippen LogP contribution < -0.4 is 10.5 Å². The number of benzene rings is 2. The Morgan fingerprint density at radius 3 is 2.56 bits per heavy atom. The molecule has 1 unspecified atom stereocenters. The Hall–Kier alpha value is -0.590. The number of hydrogen-bond acceptors (Lipinski definition) is 2. The molecule has 0 fully saturated rings. The van der Waals surface area contributed by atoms with E-state index in [1.807, 2.05) is 30.3 Å². The largest absolute Gasteiger partial charge is 0.496 e. The molecule has 0 aliphatic heterocycles. The molecule has 1 atom stereocenters. The van der Waals surface area contributed by atoms with E-state index >= 15 is 0 Å². The average Bonchev–Trinajstić information content (AvgIpc) is 2.38. The van der Waals surface area contributed by atoms with Gasteiger partial charge in [-0.05, 0) is 67.8 Å². The standard InChI is InChI=1S/C14H13BrINO/c1-18-13-7-6-9(8-11(13)15)14(17)10-4-2-3-5-12(10)16/h2-8,14H,17H2,1H3. The fourth-order valence-electron chi connectivity index (χ4n) is 1.78. The van der Waals surface area contributed by atoms with Crippen LogP contribution in [-0.4, -0.2) is 7.11 Å². The highest BCUT2D eigenvalue weighted by atomic mass is 127. The molecule has 0 aromatic heterocycles. The predicted octanol–water partition coefficient (Wildman–Crippen LogP) is 4.11. The molecule has 4 heteroatoms. The summed E-state index contributed by atoms with van der Waals surface area (Å²) in [5, 5.41) is 0. The van der Waals surface area contributed by atoms with Crippen molar-refractivity contribution in [1.82, 2.24) is 0 Å². The molecule has 0 amide bonds. The molecule has 0 heterocycles. The van der Waals surface area contributed by atoms with Crippen molar-refractivity contribution >= 4 is 38.5 Å². The van der Waals surface area contributed by atoms with E-state index in [4.69, 9.17) is 10.5 Å². The summed E-state index contributed by atoms with van der Waals surface area (Å²) in [4.78, 5) is 0. The van der Waals surface area contributed by atoms with Crippen molar-refractivity contribution in [2.24, 2.45) is 5.73 Å². The van der Waals surface area contributed by atoms with Crippen LogP contribution in [0, 0.1) is 3.57 Å². The third-order valence-electron chi connectivity index (χ3n) is 2.78. The summed E-state index contributed by atoms with van der Waals surface area (Å²) in [7, 11) is 1.65. The van der Waals surface area contributed by atoms with Crippen molar-refractivity contribution in [2.45, 2.75) is 6.04 Å². The van der Waals surface area contributed by atoms with Crippen molar-refractivity contribution in [3.8, 4) is 5.75 Å². The zero-order chi connectivity index (χ0) is 13.1. The normalized spacial score (nSPS) is 12.2. The zero-order valence-corrected chi connectivity index (χ0v) is 13.6. The first-order valence-electron chi connectivity index (χ1n) is 5.47. The van der Waals surface area contributed by atoms with Crippen LogP contribution in [0.2, 0.25) is 0 Å². The summed E-state index contributed by atoms with van der Waals surface area (Å²) in [5.41, 5.74) is 8.51. The lowest BCUT2D eigenvalue weighted by atomic mass is 10.00. The number of rotatable bonds is 3. The van der Waals surface area contributed by atoms with Gasteiger partial charge in [0, 0.05) is 3.57 Å². The molecule has 0 aliphatic rings. The number of methoxy groups -OCH3 is 1. The van der Waals surface area contributed by atoms with Crippen LogP contribution in [0.5, 0.6) is 5.75 Å². The topological polar surface area (TPSA) is 35.2 Å². The molecule has 0 saturated carbocycles. The highest BCUT2D eigenvalue weighted by Crippen LogP contribution is 2.30. The average molecular weight is 418 g/mol. The molecule has 0 radical (unpaired) electrons. The molecule has 0 saturated heterocycles. The fraction of sp³-hybridized carbons (Fsp3) is 0.143. The van der Waals surface area contributed by atoms with E-state index in [0.29, 0.717) is 0 Å². The Balaban J connectivity index is 2.37. The first-order chi connectivity index (χ1) is 8.63. The minimum atomic E-state index is -0.125. The van der Waals surface area contributed by atoms with Crippen LogP contribution in [0.25, 0.3) is 0 Å². The summed E-state index contributed by atoms with van der Waals surface area (Å²) < 4.78 is 7.32. The first-order valence-corrected chi connectivity index (χ1v) is 7.34. The highest BCUT2D eigenvalue weighted by Gasteiger charge is 2.13. The molecule has 18 heavy (non-hydrogen) atoms. The number of halogens is 2. The lowest BCUT2D eigenvalue weighted by Crippen LogP contribution is -2.13. The summed E-state index contributed by atoms with van der Waals surface area (Å²) in [6, 6.07) is 14.0. The van der Waals surface area contributed by atoms with Crippen molar-refractivity contribution in [3.05, 3.63) is 61.6 Å². The monoisotopic (exact) mass is 417 g/mol. The van der Waals surface area contributed by atoms with E-state index in [1.54, 1.807) is 7.11 Å². The summed E-state index contributed by atoms with van der Waals surface area (Å²) in [5.74, 6) is 0.814. The second kappa shape index (κ2) is 6.04. The number of ether oxygens (including phenoxy) is 1. The van der Waals surface area contributed by atoms with Gasteiger partial charge in [-0.1, -0.05) is 24.3 Å². The van der Waals surface area contributed by atoms with E-state index < -0.39 is 0 Å². The molecule has 0 bridgehead atoms. The SMILES string of the molecule is COc1ccc(C(N)c2ccccc2I)cc1Br. The van der Waals surface area contributed by atoms with E-state index in [-0.39, 0.29) is 6.04 Å². The van der Waals surface area contributed by atoms with Crippen molar-refractivity contribution in [1.29, 1.82) is 0 Å². The predicted molar refractivity (Wildman–Crippen MR) is 85.9 cm³/mol. The number of hydrogen-bond donors (Lipinski definition) is 1. The van der Waals surface area contributed by atoms with Gasteiger partial charge in [0.1, 0.15) is 5.75 Å². The van der Waals surface area contributed by atoms with Crippen LogP contribution in [0.4, 0.5) is 0 Å². The van der Waals surface area contributed by atoms with E-state index in [1.165, 1.54) is 3.57 Å². The maximum Gasteiger partial charge on any atom is 0.133 e. The molecule has 2 nitrogen and oxygen atoms in total. The van der Waals surface area contributed by atoms with Crippen LogP contribution in [0.1, 0.15) is 17.2 Å². The Bertz CT molecular complexity index is 559. The Morgan fingerprint density at radius 2 is 1.94 bits per heavy atom. The lowest BCUT2D eigenvalue weighted by Gasteiger charge is -2.15. The highest BCUT2D eigenvalue weighted by molar-refractivity contribution is 14.1. The minimum absolute atomic E-state index is 0.125. The molecule has 2 rings (SSSR count). The van der Waals surface area contributed by atoms with E-state index in [0.717, 1.165) is 21.3 Å². The van der Waals surface area contributed by atoms with E-state index in [9.17, 15) is 0 Å². The maximum absolute atomic E-state index is 6.31. The third kappa shape index (κ3) is 2.87. The van der Waals surface area contributed by atoms with Gasteiger partial charge < -0.3 is 10.5 Å². The van der Waals surface area contributed by atoms with Crippen LogP contribution in [0.3, 0.4) is 0 Å². The van der Waals surface area contributed by atoms with Crippen molar-refractivity contribution in [2.75, 3.05) is 7.11 Å². The van der Waals surface area contributed by atoms with Gasteiger partial charge in [0.2, 0.25) is 0 Å². The van der Waals surface area contributed by atoms with Crippen molar-refractivity contribution < 1.29 is 4.74 Å². The smallest absolute Gasteiger partial charge is 0.133 e. The molecule has 2 aromatic rings. The van der Waals surface area contributed by atoms with Gasteiger partial charge in [0.25, 0.3) is 0 Å². The van der Waals surface area contributed by atoms with Gasteiger partial charge in [-0.2, -0.15) is 0 Å². The van der Waals surface area contributed by atoms with Crippen LogP contribution in [0.15, 0.2) is 46.9 Å². The molecule has 2 N–H and O–H groups in total. The molecule has 94 valence electrons. The first kappa shape index (κ1) is 13.8. The van der Waals surface area contributed by atoms with Gasteiger partial charge in [-0.3, -0.25) is 0 Å². The molecule has 0 spiro atoms. The third-order valence-corrected chi connectivity index (χ3v) is 4.38.